The number of piperazine rings is 1. The van der Waals surface area contributed by atoms with Gasteiger partial charge in [0.25, 0.3) is 11.5 Å². The molecule has 31 heteroatoms. The number of H-pyrrole nitrogens is 1. The average molecular weight is 1100 g/mol. The van der Waals surface area contributed by atoms with Gasteiger partial charge in [-0.25, -0.2) is 14.8 Å². The summed E-state index contributed by atoms with van der Waals surface area (Å²) in [6.45, 7) is 7.37. The van der Waals surface area contributed by atoms with Crippen LogP contribution in [0.15, 0.2) is 40.4 Å². The van der Waals surface area contributed by atoms with Crippen LogP contribution in [0, 0.1) is 0 Å². The van der Waals surface area contributed by atoms with Gasteiger partial charge >= 0.3 is 18.1 Å². The molecule has 3 aromatic rings. The Bertz CT molecular complexity index is 2390. The van der Waals surface area contributed by atoms with Gasteiger partial charge in [0.1, 0.15) is 6.04 Å². The number of benzene rings is 1. The third kappa shape index (κ3) is 24.5. The Morgan fingerprint density at radius 3 is 1.64 bits per heavy atom. The number of halogens is 3. The van der Waals surface area contributed by atoms with Crippen LogP contribution in [0.5, 0.6) is 0 Å². The van der Waals surface area contributed by atoms with Crippen LogP contribution < -0.4 is 21.5 Å². The third-order valence-electron chi connectivity index (χ3n) is 10.8. The molecular formula is C46H65F3N12O16. The number of hydrogen-bond acceptors (Lipinski definition) is 20. The van der Waals surface area contributed by atoms with E-state index in [0.29, 0.717) is 117 Å². The molecule has 0 radical (unpaired) electrons. The molecule has 1 atom stereocenters. The van der Waals surface area contributed by atoms with Crippen molar-refractivity contribution in [1.29, 1.82) is 0 Å². The minimum absolute atomic E-state index is 0.121. The largest absolute Gasteiger partial charge is 0.480 e. The fourth-order valence-corrected chi connectivity index (χ4v) is 6.89. The first-order valence-electron chi connectivity index (χ1n) is 24.5. The van der Waals surface area contributed by atoms with Gasteiger partial charge in [-0.3, -0.25) is 33.9 Å². The number of fused-ring (bicyclic) bond motifs is 1. The fraction of sp³-hybridized carbons (Fsp3) is 0.630. The van der Waals surface area contributed by atoms with E-state index >= 15 is 0 Å². The van der Waals surface area contributed by atoms with Crippen molar-refractivity contribution in [3.63, 3.8) is 0 Å². The number of aliphatic carboxylic acids is 1. The highest BCUT2D eigenvalue weighted by Gasteiger charge is 2.43. The van der Waals surface area contributed by atoms with E-state index in [4.69, 9.17) is 53.9 Å². The Balaban J connectivity index is 0.985. The first-order valence-corrected chi connectivity index (χ1v) is 24.5. The van der Waals surface area contributed by atoms with Gasteiger partial charge < -0.3 is 68.6 Å². The molecule has 1 aliphatic rings. The summed E-state index contributed by atoms with van der Waals surface area (Å²) >= 11 is 0. The van der Waals surface area contributed by atoms with Crippen LogP contribution in [0.2, 0.25) is 0 Å². The number of hydrogen-bond donors (Lipinski definition) is 4. The second-order valence-electron chi connectivity index (χ2n) is 16.3. The van der Waals surface area contributed by atoms with Gasteiger partial charge in [0, 0.05) is 55.3 Å². The number of alkyl halides is 3. The molecule has 0 saturated carbocycles. The third-order valence-corrected chi connectivity index (χ3v) is 10.8. The molecule has 77 heavy (non-hydrogen) atoms. The van der Waals surface area contributed by atoms with Gasteiger partial charge in [0.15, 0.2) is 11.2 Å². The van der Waals surface area contributed by atoms with Gasteiger partial charge in [-0.15, -0.1) is 0 Å². The first kappa shape index (κ1) is 62.9. The van der Waals surface area contributed by atoms with Gasteiger partial charge in [-0.1, -0.05) is 5.11 Å². The highest BCUT2D eigenvalue weighted by Crippen LogP contribution is 2.26. The lowest BCUT2D eigenvalue weighted by Gasteiger charge is -2.35. The van der Waals surface area contributed by atoms with Crippen molar-refractivity contribution in [3.05, 3.63) is 62.5 Å². The van der Waals surface area contributed by atoms with E-state index in [1.807, 2.05) is 0 Å². The molecule has 5 N–H and O–H groups in total. The summed E-state index contributed by atoms with van der Waals surface area (Å²) in [5, 5.41) is 15.5. The van der Waals surface area contributed by atoms with Crippen LogP contribution in [0.4, 0.5) is 24.8 Å². The zero-order valence-corrected chi connectivity index (χ0v) is 42.4. The summed E-state index contributed by atoms with van der Waals surface area (Å²) in [7, 11) is 0. The molecule has 1 aromatic carbocycles. The highest BCUT2D eigenvalue weighted by atomic mass is 19.4. The van der Waals surface area contributed by atoms with E-state index in [1.165, 1.54) is 4.90 Å². The topological polar surface area (TPSA) is 357 Å². The summed E-state index contributed by atoms with van der Waals surface area (Å²) in [5.41, 5.74) is 11.7. The minimum Gasteiger partial charge on any atom is -0.480 e. The summed E-state index contributed by atoms with van der Waals surface area (Å²) in [6, 6.07) is 2.71. The number of carboxylic acid groups (broad SMARTS) is 1. The van der Waals surface area contributed by atoms with Gasteiger partial charge in [0.05, 0.1) is 144 Å². The normalized spacial score (nSPS) is 13.1. The molecule has 426 valence electrons. The molecule has 2 aromatic heterocycles. The maximum atomic E-state index is 13.7. The van der Waals surface area contributed by atoms with Gasteiger partial charge in [-0.05, 0) is 36.2 Å². The van der Waals surface area contributed by atoms with Crippen molar-refractivity contribution in [2.75, 3.05) is 162 Å². The van der Waals surface area contributed by atoms with Crippen LogP contribution >= 0.6 is 0 Å². The van der Waals surface area contributed by atoms with Crippen LogP contribution in [0.1, 0.15) is 35.3 Å². The molecule has 0 aliphatic carbocycles. The van der Waals surface area contributed by atoms with Crippen molar-refractivity contribution >= 4 is 52.4 Å². The van der Waals surface area contributed by atoms with E-state index in [2.05, 4.69) is 35.3 Å². The Labute approximate surface area is 439 Å². The number of carbonyl (C=O) groups is 5. The average Bonchev–Trinajstić information content (AvgIpc) is 3.41. The lowest BCUT2D eigenvalue weighted by Crippen LogP contribution is -2.51. The van der Waals surface area contributed by atoms with Crippen molar-refractivity contribution in [3.8, 4) is 0 Å². The van der Waals surface area contributed by atoms with E-state index in [9.17, 15) is 47.0 Å². The quantitative estimate of drug-likeness (QED) is 0.0266. The summed E-state index contributed by atoms with van der Waals surface area (Å²) in [4.78, 5) is 95.6. The first-order chi connectivity index (χ1) is 37.2. The van der Waals surface area contributed by atoms with Crippen molar-refractivity contribution in [2.24, 2.45) is 5.11 Å². The molecular weight excluding hydrogens is 1030 g/mol. The molecule has 28 nitrogen and oxygen atoms in total. The summed E-state index contributed by atoms with van der Waals surface area (Å²) in [6.07, 6.45) is -4.74. The Morgan fingerprint density at radius 2 is 1.18 bits per heavy atom. The zero-order valence-electron chi connectivity index (χ0n) is 42.4. The Hall–Kier alpha value is -6.67. The maximum Gasteiger partial charge on any atom is 0.471 e. The molecule has 4 amide bonds. The van der Waals surface area contributed by atoms with E-state index in [0.717, 1.165) is 30.5 Å². The maximum absolute atomic E-state index is 13.7. The molecule has 1 aliphatic heterocycles. The lowest BCUT2D eigenvalue weighted by atomic mass is 10.1. The zero-order chi connectivity index (χ0) is 55.7. The molecule has 1 saturated heterocycles. The number of aromatic nitrogens is 4. The lowest BCUT2D eigenvalue weighted by molar-refractivity contribution is -0.170. The van der Waals surface area contributed by atoms with E-state index < -0.39 is 42.1 Å². The number of nitrogens with zero attached hydrogens (tertiary/aromatic N) is 9. The van der Waals surface area contributed by atoms with E-state index in [1.54, 1.807) is 4.90 Å². The van der Waals surface area contributed by atoms with Crippen LogP contribution in [-0.4, -0.2) is 228 Å². The molecule has 3 heterocycles. The Morgan fingerprint density at radius 1 is 0.727 bits per heavy atom. The minimum atomic E-state index is -5.33. The number of azide groups is 1. The van der Waals surface area contributed by atoms with Crippen molar-refractivity contribution < 1.29 is 84.9 Å². The molecule has 0 unspecified atom stereocenters. The number of amides is 4. The predicted molar refractivity (Wildman–Crippen MR) is 263 cm³/mol. The predicted octanol–water partition coefficient (Wildman–Crippen LogP) is 0.875. The molecule has 4 rings (SSSR count). The van der Waals surface area contributed by atoms with E-state index in [-0.39, 0.29) is 105 Å². The number of nitrogen functional groups attached to an aromatic ring is 1. The van der Waals surface area contributed by atoms with Crippen LogP contribution in [-0.2, 0) is 68.4 Å². The number of anilines is 2. The molecule has 1 fully saturated rings. The Kier molecular flexibility index (Phi) is 29.1. The van der Waals surface area contributed by atoms with Crippen molar-refractivity contribution in [2.45, 2.75) is 38.0 Å². The highest BCUT2D eigenvalue weighted by molar-refractivity contribution is 5.99. The molecule has 0 bridgehead atoms. The monoisotopic (exact) mass is 1100 g/mol. The summed E-state index contributed by atoms with van der Waals surface area (Å²) in [5.74, 6) is -5.45. The van der Waals surface area contributed by atoms with Gasteiger partial charge in [-0.2, -0.15) is 18.2 Å². The number of nitrogens with one attached hydrogen (secondary N) is 2. The van der Waals surface area contributed by atoms with Crippen LogP contribution in [0.25, 0.3) is 21.6 Å². The fourth-order valence-electron chi connectivity index (χ4n) is 6.89. The number of nitrogens with two attached hydrogens (primary N) is 1. The number of carboxylic acids is 1. The number of carbonyl (C=O) groups excluding carboxylic acids is 4. The number of aromatic amines is 1. The summed E-state index contributed by atoms with van der Waals surface area (Å²) < 4.78 is 89.9. The number of ether oxygens (including phenoxy) is 9. The second-order valence-corrected chi connectivity index (χ2v) is 16.3. The number of rotatable bonds is 39. The van der Waals surface area contributed by atoms with Gasteiger partial charge in [0.2, 0.25) is 17.8 Å². The standard InChI is InChI=1S/C46H65F3N12O16/c47-46(48,49)44(68)61(32-34-31-52-40-39(54-34)42(65)57-45(50)56-40)35-3-1-33(2-4-35)41(64)55-36(43(66)67)5-6-37(62)59-9-11-60(12-10-59)38(63)7-13-69-15-17-71-19-21-73-23-25-75-27-29-77-30-28-76-26-24-74-22-20-72-18-16-70-14-8-53-58-51/h1-4,31,36H,5-30,32H2,(H,55,64)(H,66,67)(H3,50,52,56,57,65)/t36-/m0/s1. The van der Waals surface area contributed by atoms with Crippen molar-refractivity contribution in [1.82, 2.24) is 35.1 Å². The molecule has 0 spiro atoms. The second kappa shape index (κ2) is 35.6. The smallest absolute Gasteiger partial charge is 0.471 e. The SMILES string of the molecule is [N-]=[N+]=NCCOCCOCCOCCOCCOCCOCCOCCOCCOCCC(=O)N1CCN(C(=O)CC[C@H](NC(=O)c2ccc(N(Cc3cnc4nc(N)[nH]c(=O)c4n3)C(=O)C(F)(F)F)cc2)C(=O)O)CC1. The van der Waals surface area contributed by atoms with Crippen LogP contribution in [0.3, 0.4) is 0 Å².